The van der Waals surface area contributed by atoms with Gasteiger partial charge in [0.2, 0.25) is 11.8 Å². The molecule has 1 aromatic carbocycles. The first kappa shape index (κ1) is 20.5. The molecule has 2 atom stereocenters. The Morgan fingerprint density at radius 3 is 2.67 bits per heavy atom. The van der Waals surface area contributed by atoms with Crippen LogP contribution in [0.5, 0.6) is 0 Å². The number of hydrogen-bond donors (Lipinski definition) is 3. The third-order valence-corrected chi connectivity index (χ3v) is 4.67. The van der Waals surface area contributed by atoms with Crippen molar-refractivity contribution in [2.45, 2.75) is 44.2 Å². The van der Waals surface area contributed by atoms with Crippen LogP contribution in [-0.2, 0) is 16.0 Å². The highest BCUT2D eigenvalue weighted by molar-refractivity contribution is 5.91. The Hall–Kier alpha value is -2.83. The Bertz CT molecular complexity index is 662. The Morgan fingerprint density at radius 2 is 2.00 bits per heavy atom. The molecule has 0 radical (unpaired) electrons. The number of carbonyl (C=O) groups excluding carboxylic acids is 2. The van der Waals surface area contributed by atoms with Crippen molar-refractivity contribution < 1.29 is 19.5 Å². The Kier molecular flexibility index (Phi) is 7.85. The second-order valence-electron chi connectivity index (χ2n) is 6.61. The van der Waals surface area contributed by atoms with Crippen LogP contribution in [0.1, 0.15) is 31.2 Å². The molecule has 0 saturated carbocycles. The highest BCUT2D eigenvalue weighted by atomic mass is 16.4. The second-order valence-corrected chi connectivity index (χ2v) is 6.61. The average molecular weight is 373 g/mol. The van der Waals surface area contributed by atoms with Gasteiger partial charge < -0.3 is 15.7 Å². The topological polar surface area (TPSA) is 98.7 Å². The van der Waals surface area contributed by atoms with Gasteiger partial charge in [0, 0.05) is 13.1 Å². The van der Waals surface area contributed by atoms with Gasteiger partial charge in [-0.25, -0.2) is 4.79 Å². The maximum atomic E-state index is 12.7. The van der Waals surface area contributed by atoms with E-state index in [9.17, 15) is 19.5 Å². The summed E-state index contributed by atoms with van der Waals surface area (Å²) >= 11 is 0. The number of benzene rings is 1. The number of carboxylic acid groups (broad SMARTS) is 1. The molecule has 7 heteroatoms. The Labute approximate surface area is 159 Å². The molecule has 1 aromatic rings. The van der Waals surface area contributed by atoms with Crippen LogP contribution in [0.15, 0.2) is 43.0 Å². The van der Waals surface area contributed by atoms with Crippen molar-refractivity contribution in [1.29, 1.82) is 0 Å². The summed E-state index contributed by atoms with van der Waals surface area (Å²) in [6, 6.07) is 8.23. The highest BCUT2D eigenvalue weighted by Gasteiger charge is 2.34. The number of carbonyl (C=O) groups is 3. The third-order valence-electron chi connectivity index (χ3n) is 4.67. The predicted molar refractivity (Wildman–Crippen MR) is 102 cm³/mol. The maximum Gasteiger partial charge on any atom is 0.407 e. The summed E-state index contributed by atoms with van der Waals surface area (Å²) in [5.41, 5.74) is 1.07. The lowest BCUT2D eigenvalue weighted by Crippen LogP contribution is -2.56. The molecule has 27 heavy (non-hydrogen) atoms. The minimum Gasteiger partial charge on any atom is -0.465 e. The number of nitrogens with one attached hydrogen (secondary N) is 2. The fourth-order valence-corrected chi connectivity index (χ4v) is 3.22. The van der Waals surface area contributed by atoms with Crippen molar-refractivity contribution in [3.63, 3.8) is 0 Å². The van der Waals surface area contributed by atoms with Crippen molar-refractivity contribution in [3.8, 4) is 0 Å². The summed E-state index contributed by atoms with van der Waals surface area (Å²) in [5.74, 6) is -0.708. The molecule has 0 aromatic heterocycles. The lowest BCUT2D eigenvalue weighted by atomic mass is 10.00. The summed E-state index contributed by atoms with van der Waals surface area (Å²) in [6.45, 7) is 4.22. The molecule has 2 rings (SSSR count). The molecular weight excluding hydrogens is 346 g/mol. The van der Waals surface area contributed by atoms with E-state index < -0.39 is 24.1 Å². The largest absolute Gasteiger partial charge is 0.465 e. The van der Waals surface area contributed by atoms with Gasteiger partial charge in [0.05, 0.1) is 0 Å². The van der Waals surface area contributed by atoms with E-state index in [2.05, 4.69) is 17.2 Å². The zero-order valence-corrected chi connectivity index (χ0v) is 15.4. The van der Waals surface area contributed by atoms with Crippen LogP contribution >= 0.6 is 0 Å². The number of rotatable bonds is 8. The van der Waals surface area contributed by atoms with E-state index in [1.165, 1.54) is 0 Å². The second kappa shape index (κ2) is 10.4. The zero-order chi connectivity index (χ0) is 19.6. The first-order valence-electron chi connectivity index (χ1n) is 9.25. The van der Waals surface area contributed by atoms with Gasteiger partial charge in [0.15, 0.2) is 0 Å². The lowest BCUT2D eigenvalue weighted by molar-refractivity contribution is -0.132. The molecule has 0 unspecified atom stereocenters. The van der Waals surface area contributed by atoms with Crippen molar-refractivity contribution in [2.24, 2.45) is 0 Å². The number of amides is 3. The molecule has 1 heterocycles. The Morgan fingerprint density at radius 1 is 1.26 bits per heavy atom. The maximum absolute atomic E-state index is 12.7. The minimum absolute atomic E-state index is 0.295. The quantitative estimate of drug-likeness (QED) is 0.607. The van der Waals surface area contributed by atoms with E-state index in [0.717, 1.165) is 23.3 Å². The summed E-state index contributed by atoms with van der Waals surface area (Å²) in [5, 5.41) is 14.8. The van der Waals surface area contributed by atoms with E-state index in [1.807, 2.05) is 30.3 Å². The number of likely N-dealkylation sites (tertiary alicyclic amines) is 1. The number of aryl methyl sites for hydroxylation is 1. The van der Waals surface area contributed by atoms with Gasteiger partial charge in [-0.3, -0.25) is 14.5 Å². The van der Waals surface area contributed by atoms with E-state index in [4.69, 9.17) is 0 Å². The molecule has 0 bridgehead atoms. The minimum atomic E-state index is -1.10. The van der Waals surface area contributed by atoms with Crippen molar-refractivity contribution in [2.75, 3.05) is 13.1 Å². The summed E-state index contributed by atoms with van der Waals surface area (Å²) < 4.78 is 0. The summed E-state index contributed by atoms with van der Waals surface area (Å²) in [4.78, 5) is 37.7. The smallest absolute Gasteiger partial charge is 0.407 e. The van der Waals surface area contributed by atoms with Gasteiger partial charge in [0.1, 0.15) is 12.1 Å². The van der Waals surface area contributed by atoms with Crippen molar-refractivity contribution in [3.05, 3.63) is 48.6 Å². The molecule has 1 saturated heterocycles. The summed E-state index contributed by atoms with van der Waals surface area (Å²) in [6.07, 6.45) is 3.52. The molecule has 146 valence electrons. The van der Waals surface area contributed by atoms with E-state index in [-0.39, 0.29) is 5.91 Å². The fourth-order valence-electron chi connectivity index (χ4n) is 3.22. The normalized spacial score (nSPS) is 17.6. The third kappa shape index (κ3) is 6.13. The fraction of sp³-hybridized carbons (Fsp3) is 0.450. The van der Waals surface area contributed by atoms with Crippen LogP contribution in [0.2, 0.25) is 0 Å². The molecule has 0 spiro atoms. The van der Waals surface area contributed by atoms with E-state index in [1.54, 1.807) is 6.08 Å². The number of hydrogen-bond acceptors (Lipinski definition) is 3. The molecule has 1 aliphatic rings. The van der Waals surface area contributed by atoms with E-state index in [0.29, 0.717) is 32.4 Å². The number of nitrogens with zero attached hydrogens (tertiary/aromatic N) is 1. The van der Waals surface area contributed by atoms with Gasteiger partial charge in [-0.05, 0) is 37.7 Å². The van der Waals surface area contributed by atoms with Crippen LogP contribution in [0.4, 0.5) is 4.79 Å². The monoisotopic (exact) mass is 373 g/mol. The van der Waals surface area contributed by atoms with Gasteiger partial charge >= 0.3 is 6.09 Å². The van der Waals surface area contributed by atoms with Crippen molar-refractivity contribution in [1.82, 2.24) is 15.5 Å². The van der Waals surface area contributed by atoms with Crippen molar-refractivity contribution >= 4 is 17.9 Å². The lowest BCUT2D eigenvalue weighted by Gasteiger charge is -2.33. The average Bonchev–Trinajstić information content (AvgIpc) is 2.69. The van der Waals surface area contributed by atoms with Gasteiger partial charge in [-0.2, -0.15) is 0 Å². The van der Waals surface area contributed by atoms with Crippen LogP contribution in [0.3, 0.4) is 0 Å². The van der Waals surface area contributed by atoms with Gasteiger partial charge in [-0.15, -0.1) is 6.58 Å². The van der Waals surface area contributed by atoms with Crippen LogP contribution < -0.4 is 10.6 Å². The predicted octanol–water partition coefficient (Wildman–Crippen LogP) is 1.94. The van der Waals surface area contributed by atoms with Crippen LogP contribution in [-0.4, -0.2) is 53.1 Å². The zero-order valence-electron chi connectivity index (χ0n) is 15.4. The van der Waals surface area contributed by atoms with Crippen LogP contribution in [0.25, 0.3) is 0 Å². The first-order valence-corrected chi connectivity index (χ1v) is 9.25. The van der Waals surface area contributed by atoms with Gasteiger partial charge in [0.25, 0.3) is 0 Å². The molecule has 1 aliphatic heterocycles. The Balaban J connectivity index is 2.04. The molecule has 1 fully saturated rings. The molecule has 0 aliphatic carbocycles. The van der Waals surface area contributed by atoms with Crippen LogP contribution in [0, 0.1) is 0 Å². The van der Waals surface area contributed by atoms with E-state index >= 15 is 0 Å². The highest BCUT2D eigenvalue weighted by Crippen LogP contribution is 2.18. The number of piperidine rings is 1. The molecule has 7 nitrogen and oxygen atoms in total. The molecule has 3 amide bonds. The molecular formula is C20H27N3O4. The molecule has 3 N–H and O–H groups in total. The standard InChI is InChI=1S/C20H27N3O4/c1-2-13-21-18(24)16(12-11-15-8-4-3-5-9-15)22-19(25)17-10-6-7-14-23(17)20(26)27/h2-5,8-9,16-17H,1,6-7,10-14H2,(H,21,24)(H,22,25)(H,26,27)/t16-,17+/m1/s1. The first-order chi connectivity index (χ1) is 13.0. The van der Waals surface area contributed by atoms with Gasteiger partial charge in [-0.1, -0.05) is 36.4 Å². The summed E-state index contributed by atoms with van der Waals surface area (Å²) in [7, 11) is 0. The SMILES string of the molecule is C=CCNC(=O)[C@@H](CCc1ccccc1)NC(=O)[C@@H]1CCCCN1C(=O)O.